The number of hydrogen-bond acceptors (Lipinski definition) is 2. The van der Waals surface area contributed by atoms with Crippen molar-refractivity contribution in [2.24, 2.45) is 5.92 Å². The van der Waals surface area contributed by atoms with Gasteiger partial charge in [-0.1, -0.05) is 13.8 Å². The molecule has 0 aliphatic carbocycles. The van der Waals surface area contributed by atoms with Gasteiger partial charge in [0.2, 0.25) is 0 Å². The van der Waals surface area contributed by atoms with Crippen LogP contribution in [-0.4, -0.2) is 50.6 Å². The van der Waals surface area contributed by atoms with Crippen LogP contribution in [0.3, 0.4) is 0 Å². The number of nitrogens with zero attached hydrogens (tertiary/aromatic N) is 2. The van der Waals surface area contributed by atoms with Crippen molar-refractivity contribution in [2.45, 2.75) is 26.3 Å². The molecule has 2 nitrogen and oxygen atoms in total. The second kappa shape index (κ2) is 5.55. The van der Waals surface area contributed by atoms with Crippen molar-refractivity contribution in [1.29, 1.82) is 0 Å². The first-order valence-corrected chi connectivity index (χ1v) is 4.80. The first-order valence-electron chi connectivity index (χ1n) is 4.80. The minimum atomic E-state index is 0.715. The first-order chi connectivity index (χ1) is 5.49. The van der Waals surface area contributed by atoms with Gasteiger partial charge in [-0.25, -0.2) is 0 Å². The average molecular weight is 172 g/mol. The van der Waals surface area contributed by atoms with Gasteiger partial charge in [-0.15, -0.1) is 0 Å². The van der Waals surface area contributed by atoms with Crippen molar-refractivity contribution in [1.82, 2.24) is 9.80 Å². The van der Waals surface area contributed by atoms with Crippen molar-refractivity contribution in [3.05, 3.63) is 0 Å². The standard InChI is InChI=1S/C10H24N2/c1-7-10(12(5)6)9(2)8-11(3)4/h9-10H,7-8H2,1-6H3. The Morgan fingerprint density at radius 2 is 1.58 bits per heavy atom. The highest BCUT2D eigenvalue weighted by molar-refractivity contribution is 4.72. The molecular weight excluding hydrogens is 148 g/mol. The molecule has 0 fully saturated rings. The van der Waals surface area contributed by atoms with Gasteiger partial charge in [0.25, 0.3) is 0 Å². The molecule has 0 aromatic rings. The number of rotatable bonds is 5. The molecule has 2 heteroatoms. The summed E-state index contributed by atoms with van der Waals surface area (Å²) in [4.78, 5) is 4.59. The lowest BCUT2D eigenvalue weighted by atomic mass is 9.98. The third-order valence-corrected chi connectivity index (χ3v) is 2.39. The molecule has 12 heavy (non-hydrogen) atoms. The molecular formula is C10H24N2. The normalized spacial score (nSPS) is 17.0. The molecule has 0 saturated heterocycles. The van der Waals surface area contributed by atoms with Crippen LogP contribution >= 0.6 is 0 Å². The van der Waals surface area contributed by atoms with E-state index in [0.29, 0.717) is 6.04 Å². The Labute approximate surface area is 77.5 Å². The van der Waals surface area contributed by atoms with Crippen molar-refractivity contribution in [3.63, 3.8) is 0 Å². The first kappa shape index (κ1) is 11.9. The Hall–Kier alpha value is -0.0800. The monoisotopic (exact) mass is 172 g/mol. The van der Waals surface area contributed by atoms with Crippen LogP contribution in [0.2, 0.25) is 0 Å². The summed E-state index contributed by atoms with van der Waals surface area (Å²) in [5.74, 6) is 0.750. The van der Waals surface area contributed by atoms with E-state index in [0.717, 1.165) is 5.92 Å². The van der Waals surface area contributed by atoms with Crippen LogP contribution in [-0.2, 0) is 0 Å². The molecule has 0 spiro atoms. The largest absolute Gasteiger partial charge is 0.309 e. The van der Waals surface area contributed by atoms with Crippen molar-refractivity contribution >= 4 is 0 Å². The highest BCUT2D eigenvalue weighted by Crippen LogP contribution is 2.12. The van der Waals surface area contributed by atoms with E-state index in [4.69, 9.17) is 0 Å². The predicted molar refractivity (Wildman–Crippen MR) is 55.5 cm³/mol. The van der Waals surface area contributed by atoms with Gasteiger partial charge in [-0.3, -0.25) is 0 Å². The highest BCUT2D eigenvalue weighted by atomic mass is 15.1. The van der Waals surface area contributed by atoms with E-state index in [9.17, 15) is 0 Å². The average Bonchev–Trinajstić information content (AvgIpc) is 1.85. The molecule has 2 unspecified atom stereocenters. The van der Waals surface area contributed by atoms with Crippen LogP contribution in [0.1, 0.15) is 20.3 Å². The van der Waals surface area contributed by atoms with E-state index >= 15 is 0 Å². The summed E-state index contributed by atoms with van der Waals surface area (Å²) in [5.41, 5.74) is 0. The van der Waals surface area contributed by atoms with Gasteiger partial charge in [0.1, 0.15) is 0 Å². The zero-order chi connectivity index (χ0) is 9.72. The fraction of sp³-hybridized carbons (Fsp3) is 1.00. The quantitative estimate of drug-likeness (QED) is 0.620. The summed E-state index contributed by atoms with van der Waals surface area (Å²) < 4.78 is 0. The lowest BCUT2D eigenvalue weighted by Gasteiger charge is -2.30. The molecule has 0 amide bonds. The van der Waals surface area contributed by atoms with Crippen LogP contribution in [0.25, 0.3) is 0 Å². The molecule has 0 saturated carbocycles. The van der Waals surface area contributed by atoms with E-state index in [2.05, 4.69) is 51.8 Å². The predicted octanol–water partition coefficient (Wildman–Crippen LogP) is 1.52. The molecule has 0 aliphatic rings. The van der Waals surface area contributed by atoms with Crippen LogP contribution in [0.4, 0.5) is 0 Å². The van der Waals surface area contributed by atoms with Gasteiger partial charge >= 0.3 is 0 Å². The molecule has 0 radical (unpaired) electrons. The van der Waals surface area contributed by atoms with Crippen LogP contribution < -0.4 is 0 Å². The van der Waals surface area contributed by atoms with Crippen molar-refractivity contribution in [3.8, 4) is 0 Å². The fourth-order valence-electron chi connectivity index (χ4n) is 1.97. The van der Waals surface area contributed by atoms with Crippen molar-refractivity contribution in [2.75, 3.05) is 34.7 Å². The van der Waals surface area contributed by atoms with Crippen LogP contribution in [0.15, 0.2) is 0 Å². The molecule has 0 aromatic heterocycles. The zero-order valence-electron chi connectivity index (χ0n) is 9.46. The Balaban J connectivity index is 3.94. The summed E-state index contributed by atoms with van der Waals surface area (Å²) in [6, 6.07) is 0.715. The maximum atomic E-state index is 2.33. The van der Waals surface area contributed by atoms with Gasteiger partial charge in [-0.2, -0.15) is 0 Å². The summed E-state index contributed by atoms with van der Waals surface area (Å²) in [6.45, 7) is 5.77. The maximum Gasteiger partial charge on any atom is 0.0124 e. The molecule has 0 aliphatic heterocycles. The second-order valence-corrected chi connectivity index (χ2v) is 4.18. The zero-order valence-corrected chi connectivity index (χ0v) is 9.46. The van der Waals surface area contributed by atoms with Crippen molar-refractivity contribution < 1.29 is 0 Å². The molecule has 0 aromatic carbocycles. The fourth-order valence-corrected chi connectivity index (χ4v) is 1.97. The van der Waals surface area contributed by atoms with Gasteiger partial charge in [0.15, 0.2) is 0 Å². The molecule has 74 valence electrons. The van der Waals surface area contributed by atoms with Gasteiger partial charge in [0, 0.05) is 12.6 Å². The minimum absolute atomic E-state index is 0.715. The topological polar surface area (TPSA) is 6.48 Å². The van der Waals surface area contributed by atoms with Gasteiger partial charge in [-0.05, 0) is 40.5 Å². The molecule has 0 N–H and O–H groups in total. The van der Waals surface area contributed by atoms with Gasteiger partial charge in [0.05, 0.1) is 0 Å². The van der Waals surface area contributed by atoms with E-state index in [1.54, 1.807) is 0 Å². The maximum absolute atomic E-state index is 2.33. The Bertz CT molecular complexity index is 110. The molecule has 0 bridgehead atoms. The SMILES string of the molecule is CCC(C(C)CN(C)C)N(C)C. The van der Waals surface area contributed by atoms with Crippen LogP contribution in [0.5, 0.6) is 0 Å². The van der Waals surface area contributed by atoms with Crippen LogP contribution in [0, 0.1) is 5.92 Å². The summed E-state index contributed by atoms with van der Waals surface area (Å²) in [7, 11) is 8.61. The minimum Gasteiger partial charge on any atom is -0.309 e. The summed E-state index contributed by atoms with van der Waals surface area (Å²) in [5, 5.41) is 0. The Morgan fingerprint density at radius 1 is 1.08 bits per heavy atom. The Morgan fingerprint density at radius 3 is 1.83 bits per heavy atom. The molecule has 0 heterocycles. The number of hydrogen-bond donors (Lipinski definition) is 0. The Kier molecular flexibility index (Phi) is 5.51. The third kappa shape index (κ3) is 4.07. The van der Waals surface area contributed by atoms with E-state index in [1.807, 2.05) is 0 Å². The van der Waals surface area contributed by atoms with Gasteiger partial charge < -0.3 is 9.80 Å². The summed E-state index contributed by atoms with van der Waals surface area (Å²) in [6.07, 6.45) is 1.24. The lowest BCUT2D eigenvalue weighted by Crippen LogP contribution is -2.38. The third-order valence-electron chi connectivity index (χ3n) is 2.39. The van der Waals surface area contributed by atoms with E-state index in [1.165, 1.54) is 13.0 Å². The molecule has 0 rings (SSSR count). The highest BCUT2D eigenvalue weighted by Gasteiger charge is 2.17. The lowest BCUT2D eigenvalue weighted by molar-refractivity contribution is 0.182. The smallest absolute Gasteiger partial charge is 0.0124 e. The molecule has 2 atom stereocenters. The van der Waals surface area contributed by atoms with E-state index in [-0.39, 0.29) is 0 Å². The summed E-state index contributed by atoms with van der Waals surface area (Å²) >= 11 is 0. The van der Waals surface area contributed by atoms with E-state index < -0.39 is 0 Å². The second-order valence-electron chi connectivity index (χ2n) is 4.18.